The zero-order chi connectivity index (χ0) is 20.0. The van der Waals surface area contributed by atoms with Crippen LogP contribution in [0.4, 0.5) is 0 Å². The Morgan fingerprint density at radius 3 is 2.57 bits per heavy atom. The topological polar surface area (TPSA) is 70.7 Å². The molecule has 28 heavy (non-hydrogen) atoms. The smallest absolute Gasteiger partial charge is 0.283 e. The van der Waals surface area contributed by atoms with Crippen molar-refractivity contribution in [2.24, 2.45) is 4.99 Å². The van der Waals surface area contributed by atoms with Crippen LogP contribution in [0, 0.1) is 19.3 Å². The maximum Gasteiger partial charge on any atom is 0.283 e. The number of thioether (sulfide) groups is 1. The molecule has 1 N–H and O–H groups in total. The maximum absolute atomic E-state index is 12.5. The number of allylic oxidation sites excluding steroid dienone is 1. The van der Waals surface area contributed by atoms with Crippen molar-refractivity contribution in [1.29, 1.82) is 5.41 Å². The van der Waals surface area contributed by atoms with Gasteiger partial charge in [-0.15, -0.1) is 0 Å². The van der Waals surface area contributed by atoms with Gasteiger partial charge in [0.1, 0.15) is 11.6 Å². The van der Waals surface area contributed by atoms with Gasteiger partial charge in [0.15, 0.2) is 5.17 Å². The molecule has 2 aliphatic heterocycles. The zero-order valence-electron chi connectivity index (χ0n) is 16.1. The number of nitrogens with zero attached hydrogens (tertiary/aromatic N) is 3. The van der Waals surface area contributed by atoms with E-state index in [9.17, 15) is 4.79 Å². The van der Waals surface area contributed by atoms with Gasteiger partial charge in [-0.25, -0.2) is 0 Å². The highest BCUT2D eigenvalue weighted by Crippen LogP contribution is 2.33. The van der Waals surface area contributed by atoms with E-state index in [1.807, 2.05) is 57.3 Å². The van der Waals surface area contributed by atoms with Crippen molar-refractivity contribution >= 4 is 34.7 Å². The van der Waals surface area contributed by atoms with Gasteiger partial charge in [-0.2, -0.15) is 4.99 Å². The molecule has 0 bridgehead atoms. The average molecular weight is 392 g/mol. The number of carbonyl (C=O) groups is 1. The van der Waals surface area contributed by atoms with Gasteiger partial charge in [0.25, 0.3) is 5.91 Å². The molecule has 0 atom stereocenters. The number of carbonyl (C=O) groups excluding carboxylic acids is 1. The van der Waals surface area contributed by atoms with Gasteiger partial charge in [-0.3, -0.25) is 15.1 Å². The first-order chi connectivity index (χ1) is 13.4. The third-order valence-corrected chi connectivity index (χ3v) is 5.69. The van der Waals surface area contributed by atoms with Crippen molar-refractivity contribution in [2.75, 3.05) is 7.11 Å². The average Bonchev–Trinajstić information content (AvgIpc) is 3.17. The van der Waals surface area contributed by atoms with Gasteiger partial charge in [0, 0.05) is 28.2 Å². The molecule has 1 aromatic carbocycles. The van der Waals surface area contributed by atoms with Gasteiger partial charge < -0.3 is 9.30 Å². The van der Waals surface area contributed by atoms with Crippen LogP contribution in [0.2, 0.25) is 0 Å². The molecule has 0 fully saturated rings. The highest BCUT2D eigenvalue weighted by molar-refractivity contribution is 8.17. The van der Waals surface area contributed by atoms with E-state index in [2.05, 4.69) is 9.56 Å². The number of aromatic nitrogens is 1. The highest BCUT2D eigenvalue weighted by atomic mass is 32.2. The van der Waals surface area contributed by atoms with Gasteiger partial charge in [0.05, 0.1) is 12.7 Å². The molecule has 0 saturated heterocycles. The second-order valence-electron chi connectivity index (χ2n) is 6.68. The Morgan fingerprint density at radius 1 is 1.18 bits per heavy atom. The number of benzene rings is 1. The van der Waals surface area contributed by atoms with Crippen LogP contribution in [0.1, 0.15) is 23.9 Å². The van der Waals surface area contributed by atoms with Crippen LogP contribution in [0.5, 0.6) is 5.75 Å². The summed E-state index contributed by atoms with van der Waals surface area (Å²) in [5, 5.41) is 9.01. The summed E-state index contributed by atoms with van der Waals surface area (Å²) in [7, 11) is 1.64. The van der Waals surface area contributed by atoms with Crippen LogP contribution in [0.3, 0.4) is 0 Å². The molecule has 0 spiro atoms. The number of fused-ring (bicyclic) bond motifs is 1. The fourth-order valence-corrected chi connectivity index (χ4v) is 4.24. The third-order valence-electron chi connectivity index (χ3n) is 4.79. The first-order valence-electron chi connectivity index (χ1n) is 8.81. The molecule has 0 unspecified atom stereocenters. The van der Waals surface area contributed by atoms with Crippen molar-refractivity contribution in [3.8, 4) is 11.4 Å². The lowest BCUT2D eigenvalue weighted by molar-refractivity contribution is -0.114. The van der Waals surface area contributed by atoms with Crippen LogP contribution < -0.4 is 4.74 Å². The number of aryl methyl sites for hydroxylation is 1. The molecule has 0 aliphatic carbocycles. The Balaban J connectivity index is 1.74. The van der Waals surface area contributed by atoms with Crippen molar-refractivity contribution in [1.82, 2.24) is 9.47 Å². The minimum absolute atomic E-state index is 0.161. The second kappa shape index (κ2) is 6.83. The molecule has 1 aromatic heterocycles. The first-order valence-corrected chi connectivity index (χ1v) is 9.63. The number of methoxy groups -OCH3 is 1. The Bertz CT molecular complexity index is 1090. The minimum atomic E-state index is -0.374. The predicted molar refractivity (Wildman–Crippen MR) is 113 cm³/mol. The van der Waals surface area contributed by atoms with Crippen molar-refractivity contribution in [2.45, 2.75) is 20.8 Å². The van der Waals surface area contributed by atoms with E-state index in [4.69, 9.17) is 10.1 Å². The third kappa shape index (κ3) is 2.97. The summed E-state index contributed by atoms with van der Waals surface area (Å²) in [6.07, 6.45) is 3.60. The minimum Gasteiger partial charge on any atom is -0.497 e. The van der Waals surface area contributed by atoms with E-state index in [1.165, 1.54) is 11.8 Å². The molecule has 2 aliphatic rings. The molecule has 142 valence electrons. The van der Waals surface area contributed by atoms with E-state index in [0.717, 1.165) is 33.3 Å². The van der Waals surface area contributed by atoms with E-state index < -0.39 is 0 Å². The Kier molecular flexibility index (Phi) is 4.47. The Labute approximate surface area is 167 Å². The Morgan fingerprint density at radius 2 is 1.89 bits per heavy atom. The first kappa shape index (κ1) is 18.3. The number of hydrogen-bond acceptors (Lipinski definition) is 4. The SMILES string of the molecule is COc1ccc(-n2c(C)cc(C=C3C(=N)N4C=C(C)SC4=NC3=O)c2C)cc1. The Hall–Kier alpha value is -3.06. The lowest BCUT2D eigenvalue weighted by Crippen LogP contribution is -2.35. The largest absolute Gasteiger partial charge is 0.497 e. The fraction of sp³-hybridized carbons (Fsp3) is 0.190. The summed E-state index contributed by atoms with van der Waals surface area (Å²) in [6, 6.07) is 9.85. The standard InChI is InChI=1S/C21H20N4O2S/c1-12-9-15(14(3)25(12)16-5-7-17(27-4)8-6-16)10-18-19(22)24-11-13(2)28-21(24)23-20(18)26/h5-11,22H,1-4H3. The van der Waals surface area contributed by atoms with E-state index in [1.54, 1.807) is 18.1 Å². The second-order valence-corrected chi connectivity index (χ2v) is 7.89. The lowest BCUT2D eigenvalue weighted by atomic mass is 10.1. The predicted octanol–water partition coefficient (Wildman–Crippen LogP) is 4.27. The fourth-order valence-electron chi connectivity index (χ4n) is 3.42. The number of ether oxygens (including phenoxy) is 1. The normalized spacial score (nSPS) is 17.7. The quantitative estimate of drug-likeness (QED) is 0.792. The summed E-state index contributed by atoms with van der Waals surface area (Å²) in [5.74, 6) is 0.588. The maximum atomic E-state index is 12.5. The number of rotatable bonds is 3. The van der Waals surface area contributed by atoms with Crippen LogP contribution in [0.15, 0.2) is 52.0 Å². The van der Waals surface area contributed by atoms with Crippen molar-refractivity contribution < 1.29 is 9.53 Å². The number of amidine groups is 2. The molecule has 6 nitrogen and oxygen atoms in total. The molecular weight excluding hydrogens is 372 g/mol. The van der Waals surface area contributed by atoms with Gasteiger partial charge in [0.2, 0.25) is 0 Å². The molecule has 3 heterocycles. The summed E-state index contributed by atoms with van der Waals surface area (Å²) < 4.78 is 7.35. The number of aliphatic imine (C=N–C) groups is 1. The van der Waals surface area contributed by atoms with E-state index in [0.29, 0.717) is 10.7 Å². The van der Waals surface area contributed by atoms with Crippen LogP contribution in [0.25, 0.3) is 11.8 Å². The summed E-state index contributed by atoms with van der Waals surface area (Å²) in [6.45, 7) is 5.97. The summed E-state index contributed by atoms with van der Waals surface area (Å²) in [5.41, 5.74) is 4.24. The van der Waals surface area contributed by atoms with Crippen molar-refractivity contribution in [3.63, 3.8) is 0 Å². The number of hydrogen-bond donors (Lipinski definition) is 1. The zero-order valence-corrected chi connectivity index (χ0v) is 16.9. The molecule has 7 heteroatoms. The van der Waals surface area contributed by atoms with Crippen LogP contribution >= 0.6 is 11.8 Å². The van der Waals surface area contributed by atoms with Crippen LogP contribution in [-0.4, -0.2) is 33.5 Å². The molecule has 0 saturated carbocycles. The van der Waals surface area contributed by atoms with Crippen LogP contribution in [-0.2, 0) is 4.79 Å². The van der Waals surface area contributed by atoms with E-state index in [-0.39, 0.29) is 11.7 Å². The molecular formula is C21H20N4O2S. The van der Waals surface area contributed by atoms with E-state index >= 15 is 0 Å². The van der Waals surface area contributed by atoms with Gasteiger partial charge >= 0.3 is 0 Å². The summed E-state index contributed by atoms with van der Waals surface area (Å²) >= 11 is 1.41. The van der Waals surface area contributed by atoms with Gasteiger partial charge in [-0.05, 0) is 62.7 Å². The molecule has 2 aromatic rings. The molecule has 4 rings (SSSR count). The monoisotopic (exact) mass is 392 g/mol. The lowest BCUT2D eigenvalue weighted by Gasteiger charge is -2.22. The molecule has 0 radical (unpaired) electrons. The van der Waals surface area contributed by atoms with Gasteiger partial charge in [-0.1, -0.05) is 11.8 Å². The van der Waals surface area contributed by atoms with Crippen molar-refractivity contribution in [3.05, 3.63) is 64.0 Å². The molecule has 1 amide bonds. The number of nitrogens with one attached hydrogen (secondary N) is 1. The number of amides is 1. The summed E-state index contributed by atoms with van der Waals surface area (Å²) in [4.78, 5) is 19.3. The highest BCUT2D eigenvalue weighted by Gasteiger charge is 2.33.